The lowest BCUT2D eigenvalue weighted by Crippen LogP contribution is -2.48. The molecule has 4 aliphatic rings. The van der Waals surface area contributed by atoms with E-state index < -0.39 is 0 Å². The number of aromatic nitrogens is 2. The zero-order chi connectivity index (χ0) is 19.3. The highest BCUT2D eigenvalue weighted by Gasteiger charge is 2.40. The van der Waals surface area contributed by atoms with Gasteiger partial charge in [0.2, 0.25) is 0 Å². The summed E-state index contributed by atoms with van der Waals surface area (Å²) in [6.45, 7) is 2.80. The minimum absolute atomic E-state index is 0.0399. The Morgan fingerprint density at radius 2 is 1.71 bits per heavy atom. The first kappa shape index (κ1) is 17.6. The summed E-state index contributed by atoms with van der Waals surface area (Å²) in [6, 6.07) is 12.5. The summed E-state index contributed by atoms with van der Waals surface area (Å²) in [7, 11) is 1.59. The molecule has 4 heterocycles. The molecule has 0 unspecified atom stereocenters. The highest BCUT2D eigenvalue weighted by Crippen LogP contribution is 2.33. The first-order chi connectivity index (χ1) is 13.6. The van der Waals surface area contributed by atoms with Crippen molar-refractivity contribution in [2.24, 2.45) is 13.0 Å². The van der Waals surface area contributed by atoms with Crippen LogP contribution in [-0.2, 0) is 19.9 Å². The zero-order valence-corrected chi connectivity index (χ0v) is 16.3. The molecule has 1 amide bonds. The molecule has 3 saturated heterocycles. The predicted molar refractivity (Wildman–Crippen MR) is 106 cm³/mol. The van der Waals surface area contributed by atoms with Crippen LogP contribution in [0.5, 0.6) is 0 Å². The van der Waals surface area contributed by atoms with Crippen molar-refractivity contribution in [2.75, 3.05) is 19.6 Å². The molecule has 1 aromatic heterocycles. The van der Waals surface area contributed by atoms with Crippen LogP contribution in [0.1, 0.15) is 34.5 Å². The SMILES string of the molecule is Cn1nc(C(=O)N2C[C@H]3CC[C@@H]2CN(C2Cc4ccccc4C2)C3)ccc1=O. The summed E-state index contributed by atoms with van der Waals surface area (Å²) in [5.74, 6) is 0.473. The Kier molecular flexibility index (Phi) is 4.31. The molecule has 6 heteroatoms. The monoisotopic (exact) mass is 378 g/mol. The number of aryl methyl sites for hydroxylation is 1. The number of benzene rings is 1. The molecule has 6 rings (SSSR count). The standard InChI is InChI=1S/C22H26N4O2/c1-24-21(27)9-8-20(23-24)22(28)26-13-15-6-7-18(26)14-25(12-15)19-10-16-4-2-3-5-17(16)11-19/h2-5,8-9,15,18-19H,6-7,10-14H2,1H3/t15-,18+/m0/s1. The van der Waals surface area contributed by atoms with E-state index >= 15 is 0 Å². The van der Waals surface area contributed by atoms with Gasteiger partial charge in [-0.3, -0.25) is 14.5 Å². The third-order valence-corrected chi connectivity index (χ3v) is 6.73. The Balaban J connectivity index is 1.35. The van der Waals surface area contributed by atoms with E-state index in [1.54, 1.807) is 13.1 Å². The van der Waals surface area contributed by atoms with Crippen LogP contribution in [0.4, 0.5) is 0 Å². The number of hydrogen-bond donors (Lipinski definition) is 0. The molecule has 3 aliphatic heterocycles. The molecule has 146 valence electrons. The third kappa shape index (κ3) is 3.05. The number of nitrogens with zero attached hydrogens (tertiary/aromatic N) is 4. The van der Waals surface area contributed by atoms with Gasteiger partial charge in [-0.15, -0.1) is 0 Å². The van der Waals surface area contributed by atoms with E-state index in [0.29, 0.717) is 17.7 Å². The van der Waals surface area contributed by atoms with Crippen LogP contribution < -0.4 is 5.56 Å². The normalized spacial score (nSPS) is 25.0. The maximum Gasteiger partial charge on any atom is 0.274 e. The van der Waals surface area contributed by atoms with Gasteiger partial charge < -0.3 is 4.90 Å². The van der Waals surface area contributed by atoms with Crippen LogP contribution in [0.25, 0.3) is 0 Å². The van der Waals surface area contributed by atoms with Crippen LogP contribution in [0.2, 0.25) is 0 Å². The highest BCUT2D eigenvalue weighted by molar-refractivity contribution is 5.92. The van der Waals surface area contributed by atoms with Gasteiger partial charge in [-0.05, 0) is 48.8 Å². The van der Waals surface area contributed by atoms with Crippen LogP contribution in [0.3, 0.4) is 0 Å². The summed E-state index contributed by atoms with van der Waals surface area (Å²) in [4.78, 5) is 29.4. The van der Waals surface area contributed by atoms with Crippen molar-refractivity contribution in [3.8, 4) is 0 Å². The fourth-order valence-corrected chi connectivity index (χ4v) is 5.22. The Bertz CT molecular complexity index is 944. The van der Waals surface area contributed by atoms with Gasteiger partial charge in [-0.2, -0.15) is 5.10 Å². The van der Waals surface area contributed by atoms with Gasteiger partial charge in [-0.1, -0.05) is 24.3 Å². The molecule has 2 bridgehead atoms. The maximum absolute atomic E-state index is 13.1. The molecule has 2 atom stereocenters. The van der Waals surface area contributed by atoms with Crippen molar-refractivity contribution < 1.29 is 4.79 Å². The lowest BCUT2D eigenvalue weighted by atomic mass is 9.94. The second-order valence-electron chi connectivity index (χ2n) is 8.52. The second kappa shape index (κ2) is 6.85. The van der Waals surface area contributed by atoms with Crippen molar-refractivity contribution >= 4 is 5.91 Å². The second-order valence-corrected chi connectivity index (χ2v) is 8.52. The predicted octanol–water partition coefficient (Wildman–Crippen LogP) is 1.48. The van der Waals surface area contributed by atoms with E-state index in [1.807, 2.05) is 4.90 Å². The molecule has 0 saturated carbocycles. The van der Waals surface area contributed by atoms with Crippen LogP contribution in [0, 0.1) is 5.92 Å². The topological polar surface area (TPSA) is 58.4 Å². The Morgan fingerprint density at radius 3 is 2.43 bits per heavy atom. The third-order valence-electron chi connectivity index (χ3n) is 6.73. The Morgan fingerprint density at radius 1 is 0.964 bits per heavy atom. The Labute approximate surface area is 164 Å². The van der Waals surface area contributed by atoms with Crippen molar-refractivity contribution in [1.29, 1.82) is 0 Å². The van der Waals surface area contributed by atoms with E-state index in [1.165, 1.54) is 28.3 Å². The van der Waals surface area contributed by atoms with Gasteiger partial charge in [0.15, 0.2) is 0 Å². The fourth-order valence-electron chi connectivity index (χ4n) is 5.22. The van der Waals surface area contributed by atoms with Gasteiger partial charge in [0.1, 0.15) is 5.69 Å². The number of carbonyl (C=O) groups is 1. The van der Waals surface area contributed by atoms with Crippen molar-refractivity contribution in [1.82, 2.24) is 19.6 Å². The van der Waals surface area contributed by atoms with Gasteiger partial charge in [0.05, 0.1) is 0 Å². The molecule has 1 aromatic carbocycles. The summed E-state index contributed by atoms with van der Waals surface area (Å²) in [5, 5.41) is 4.18. The summed E-state index contributed by atoms with van der Waals surface area (Å²) < 4.78 is 1.24. The maximum atomic E-state index is 13.1. The van der Waals surface area contributed by atoms with Crippen molar-refractivity contribution in [2.45, 2.75) is 37.8 Å². The van der Waals surface area contributed by atoms with E-state index in [9.17, 15) is 9.59 Å². The number of carbonyl (C=O) groups excluding carboxylic acids is 1. The number of fused-ring (bicyclic) bond motifs is 5. The summed E-state index contributed by atoms with van der Waals surface area (Å²) in [5.41, 5.74) is 3.13. The number of amides is 1. The average Bonchev–Trinajstić information content (AvgIpc) is 2.92. The van der Waals surface area contributed by atoms with E-state index in [4.69, 9.17) is 0 Å². The molecular formula is C22H26N4O2. The van der Waals surface area contributed by atoms with Gasteiger partial charge in [0, 0.05) is 44.8 Å². The van der Waals surface area contributed by atoms with Gasteiger partial charge in [0.25, 0.3) is 11.5 Å². The lowest BCUT2D eigenvalue weighted by Gasteiger charge is -2.36. The fraction of sp³-hybridized carbons (Fsp3) is 0.500. The van der Waals surface area contributed by atoms with E-state index in [2.05, 4.69) is 34.3 Å². The largest absolute Gasteiger partial charge is 0.333 e. The minimum atomic E-state index is -0.194. The zero-order valence-electron chi connectivity index (χ0n) is 16.3. The number of piperidine rings is 1. The van der Waals surface area contributed by atoms with Crippen molar-refractivity contribution in [3.05, 3.63) is 63.6 Å². The smallest absolute Gasteiger partial charge is 0.274 e. The first-order valence-corrected chi connectivity index (χ1v) is 10.2. The molecule has 6 nitrogen and oxygen atoms in total. The molecule has 0 radical (unpaired) electrons. The van der Waals surface area contributed by atoms with Crippen LogP contribution in [-0.4, -0.2) is 57.2 Å². The van der Waals surface area contributed by atoms with Crippen LogP contribution >= 0.6 is 0 Å². The summed E-state index contributed by atoms with van der Waals surface area (Å²) in [6.07, 6.45) is 4.47. The minimum Gasteiger partial charge on any atom is -0.333 e. The summed E-state index contributed by atoms with van der Waals surface area (Å²) >= 11 is 0. The molecule has 0 N–H and O–H groups in total. The van der Waals surface area contributed by atoms with Gasteiger partial charge in [-0.25, -0.2) is 4.68 Å². The molecule has 1 aliphatic carbocycles. The highest BCUT2D eigenvalue weighted by atomic mass is 16.2. The lowest BCUT2D eigenvalue weighted by molar-refractivity contribution is 0.0573. The molecule has 2 aromatic rings. The van der Waals surface area contributed by atoms with Crippen LogP contribution in [0.15, 0.2) is 41.2 Å². The average molecular weight is 378 g/mol. The number of hydrogen-bond acceptors (Lipinski definition) is 4. The molecule has 28 heavy (non-hydrogen) atoms. The first-order valence-electron chi connectivity index (χ1n) is 10.2. The molecule has 3 fully saturated rings. The quantitative estimate of drug-likeness (QED) is 0.794. The number of rotatable bonds is 2. The van der Waals surface area contributed by atoms with Gasteiger partial charge >= 0.3 is 0 Å². The molecule has 0 spiro atoms. The van der Waals surface area contributed by atoms with Crippen molar-refractivity contribution in [3.63, 3.8) is 0 Å². The Hall–Kier alpha value is -2.47. The molecular weight excluding hydrogens is 352 g/mol. The van der Waals surface area contributed by atoms with E-state index in [0.717, 1.165) is 38.9 Å². The van der Waals surface area contributed by atoms with E-state index in [-0.39, 0.29) is 17.5 Å².